The topological polar surface area (TPSA) is 58.2 Å². The van der Waals surface area contributed by atoms with Crippen molar-refractivity contribution in [2.24, 2.45) is 0 Å². The van der Waals surface area contributed by atoms with Crippen LogP contribution < -0.4 is 10.0 Å². The first-order valence-electron chi connectivity index (χ1n) is 7.03. The van der Waals surface area contributed by atoms with Crippen molar-refractivity contribution in [1.82, 2.24) is 10.0 Å². The Morgan fingerprint density at radius 3 is 2.48 bits per heavy atom. The van der Waals surface area contributed by atoms with Gasteiger partial charge < -0.3 is 5.32 Å². The average molecular weight is 353 g/mol. The molecule has 21 heavy (non-hydrogen) atoms. The lowest BCUT2D eigenvalue weighted by molar-refractivity contribution is 0.544. The zero-order valence-corrected chi connectivity index (χ0v) is 14.9. The Bertz CT molecular complexity index is 577. The third-order valence-electron chi connectivity index (χ3n) is 3.07. The van der Waals surface area contributed by atoms with Crippen LogP contribution in [0.2, 0.25) is 10.0 Å². The van der Waals surface area contributed by atoms with Gasteiger partial charge in [-0.05, 0) is 32.0 Å². The summed E-state index contributed by atoms with van der Waals surface area (Å²) < 4.78 is 27.5. The van der Waals surface area contributed by atoms with Crippen LogP contribution in [0.5, 0.6) is 0 Å². The van der Waals surface area contributed by atoms with Crippen LogP contribution in [0.15, 0.2) is 17.0 Å². The third kappa shape index (κ3) is 5.11. The van der Waals surface area contributed by atoms with E-state index < -0.39 is 10.0 Å². The number of rotatable bonds is 8. The molecule has 0 aliphatic heterocycles. The van der Waals surface area contributed by atoms with E-state index in [1.807, 2.05) is 20.8 Å². The van der Waals surface area contributed by atoms with E-state index >= 15 is 0 Å². The van der Waals surface area contributed by atoms with Crippen LogP contribution in [-0.4, -0.2) is 21.0 Å². The molecule has 1 unspecified atom stereocenters. The summed E-state index contributed by atoms with van der Waals surface area (Å²) in [6.45, 7) is 6.98. The molecule has 0 heterocycles. The maximum atomic E-state index is 12.4. The summed E-state index contributed by atoms with van der Waals surface area (Å²) in [7, 11) is -3.65. The maximum absolute atomic E-state index is 12.4. The lowest BCUT2D eigenvalue weighted by Crippen LogP contribution is -2.32. The van der Waals surface area contributed by atoms with E-state index in [9.17, 15) is 8.42 Å². The van der Waals surface area contributed by atoms with Crippen molar-refractivity contribution >= 4 is 33.2 Å². The average Bonchev–Trinajstić information content (AvgIpc) is 2.37. The molecule has 120 valence electrons. The van der Waals surface area contributed by atoms with E-state index in [4.69, 9.17) is 23.2 Å². The fraction of sp³-hybridized carbons (Fsp3) is 0.571. The molecule has 0 radical (unpaired) electrons. The molecule has 0 aliphatic rings. The van der Waals surface area contributed by atoms with E-state index in [1.165, 1.54) is 6.07 Å². The Morgan fingerprint density at radius 1 is 1.24 bits per heavy atom. The van der Waals surface area contributed by atoms with Gasteiger partial charge in [0, 0.05) is 23.2 Å². The van der Waals surface area contributed by atoms with E-state index in [0.29, 0.717) is 17.1 Å². The van der Waals surface area contributed by atoms with E-state index in [-0.39, 0.29) is 16.0 Å². The molecule has 2 N–H and O–H groups in total. The minimum Gasteiger partial charge on any atom is -0.313 e. The molecule has 0 bridgehead atoms. The number of benzene rings is 1. The van der Waals surface area contributed by atoms with Crippen molar-refractivity contribution < 1.29 is 8.42 Å². The van der Waals surface area contributed by atoms with Gasteiger partial charge in [0.25, 0.3) is 0 Å². The van der Waals surface area contributed by atoms with Gasteiger partial charge in [0.2, 0.25) is 10.0 Å². The first kappa shape index (κ1) is 18.7. The van der Waals surface area contributed by atoms with Crippen LogP contribution in [0.3, 0.4) is 0 Å². The molecule has 0 spiro atoms. The molecular formula is C14H22Cl2N2O2S. The molecule has 0 saturated carbocycles. The minimum atomic E-state index is -3.65. The number of hydrogen-bond donors (Lipinski definition) is 2. The molecule has 1 atom stereocenters. The normalized spacial score (nSPS) is 13.4. The quantitative estimate of drug-likeness (QED) is 0.751. The summed E-state index contributed by atoms with van der Waals surface area (Å²) in [5.74, 6) is 0. The second kappa shape index (κ2) is 8.34. The highest BCUT2D eigenvalue weighted by atomic mass is 35.5. The van der Waals surface area contributed by atoms with Gasteiger partial charge in [-0.2, -0.15) is 0 Å². The molecule has 1 aromatic rings. The Kier molecular flexibility index (Phi) is 7.44. The first-order valence-corrected chi connectivity index (χ1v) is 9.27. The molecule has 1 rings (SSSR count). The lowest BCUT2D eigenvalue weighted by Gasteiger charge is -2.16. The highest BCUT2D eigenvalue weighted by molar-refractivity contribution is 7.89. The van der Waals surface area contributed by atoms with Gasteiger partial charge in [0.1, 0.15) is 4.90 Å². The van der Waals surface area contributed by atoms with Crippen molar-refractivity contribution in [2.45, 2.75) is 51.1 Å². The number of halogens is 2. The molecule has 0 saturated heterocycles. The van der Waals surface area contributed by atoms with Crippen molar-refractivity contribution in [1.29, 1.82) is 0 Å². The monoisotopic (exact) mass is 352 g/mol. The summed E-state index contributed by atoms with van der Waals surface area (Å²) in [5.41, 5.74) is 0.603. The Morgan fingerprint density at radius 2 is 1.90 bits per heavy atom. The van der Waals surface area contributed by atoms with Gasteiger partial charge in [-0.3, -0.25) is 0 Å². The predicted octanol–water partition coefficient (Wildman–Crippen LogP) is 3.57. The summed E-state index contributed by atoms with van der Waals surface area (Å²) in [5, 5.41) is 3.74. The molecule has 7 heteroatoms. The SMILES string of the molecule is CCCC(C)NS(=O)(=O)c1ccc(Cl)c(CNCC)c1Cl. The second-order valence-corrected chi connectivity index (χ2v) is 7.40. The van der Waals surface area contributed by atoms with Gasteiger partial charge in [0.05, 0.1) is 5.02 Å². The van der Waals surface area contributed by atoms with Crippen molar-refractivity contribution in [2.75, 3.05) is 6.54 Å². The zero-order chi connectivity index (χ0) is 16.0. The van der Waals surface area contributed by atoms with Crippen molar-refractivity contribution in [3.05, 3.63) is 27.7 Å². The standard InChI is InChI=1S/C14H22Cl2N2O2S/c1-4-6-10(3)18-21(19,20)13-8-7-12(15)11(14(13)16)9-17-5-2/h7-8,10,17-18H,4-6,9H2,1-3H3. The second-order valence-electron chi connectivity index (χ2n) is 4.93. The lowest BCUT2D eigenvalue weighted by atomic mass is 10.2. The minimum absolute atomic E-state index is 0.0735. The first-order chi connectivity index (χ1) is 9.83. The van der Waals surface area contributed by atoms with Gasteiger partial charge in [-0.1, -0.05) is 43.5 Å². The van der Waals surface area contributed by atoms with Crippen LogP contribution in [0.4, 0.5) is 0 Å². The Labute approximate surface area is 137 Å². The van der Waals surface area contributed by atoms with E-state index in [1.54, 1.807) is 6.07 Å². The van der Waals surface area contributed by atoms with Gasteiger partial charge in [-0.15, -0.1) is 0 Å². The maximum Gasteiger partial charge on any atom is 0.242 e. The van der Waals surface area contributed by atoms with Crippen LogP contribution in [0, 0.1) is 0 Å². The largest absolute Gasteiger partial charge is 0.313 e. The highest BCUT2D eigenvalue weighted by Crippen LogP contribution is 2.31. The van der Waals surface area contributed by atoms with Gasteiger partial charge in [0.15, 0.2) is 0 Å². The van der Waals surface area contributed by atoms with Crippen LogP contribution in [0.25, 0.3) is 0 Å². The summed E-state index contributed by atoms with van der Waals surface area (Å²) >= 11 is 12.4. The third-order valence-corrected chi connectivity index (χ3v) is 5.60. The summed E-state index contributed by atoms with van der Waals surface area (Å²) in [4.78, 5) is 0.0735. The van der Waals surface area contributed by atoms with Crippen LogP contribution in [-0.2, 0) is 16.6 Å². The number of nitrogens with one attached hydrogen (secondary N) is 2. The van der Waals surface area contributed by atoms with Crippen LogP contribution >= 0.6 is 23.2 Å². The van der Waals surface area contributed by atoms with Crippen LogP contribution in [0.1, 0.15) is 39.2 Å². The molecule has 0 aromatic heterocycles. The summed E-state index contributed by atoms with van der Waals surface area (Å²) in [6, 6.07) is 2.88. The Balaban J connectivity index is 3.12. The molecule has 0 fully saturated rings. The molecule has 4 nitrogen and oxygen atoms in total. The van der Waals surface area contributed by atoms with Crippen molar-refractivity contribution in [3.63, 3.8) is 0 Å². The van der Waals surface area contributed by atoms with Crippen molar-refractivity contribution in [3.8, 4) is 0 Å². The molecule has 0 aliphatic carbocycles. The highest BCUT2D eigenvalue weighted by Gasteiger charge is 2.23. The fourth-order valence-electron chi connectivity index (χ4n) is 2.02. The molecular weight excluding hydrogens is 331 g/mol. The smallest absolute Gasteiger partial charge is 0.242 e. The summed E-state index contributed by atoms with van der Waals surface area (Å²) in [6.07, 6.45) is 1.68. The number of hydrogen-bond acceptors (Lipinski definition) is 3. The zero-order valence-electron chi connectivity index (χ0n) is 12.5. The van der Waals surface area contributed by atoms with E-state index in [0.717, 1.165) is 19.4 Å². The van der Waals surface area contributed by atoms with Gasteiger partial charge in [-0.25, -0.2) is 13.1 Å². The molecule has 0 amide bonds. The van der Waals surface area contributed by atoms with E-state index in [2.05, 4.69) is 10.0 Å². The molecule has 1 aromatic carbocycles. The number of sulfonamides is 1. The predicted molar refractivity (Wildman–Crippen MR) is 88.5 cm³/mol. The fourth-order valence-corrected chi connectivity index (χ4v) is 4.21. The Hall–Kier alpha value is -0.330. The van der Waals surface area contributed by atoms with Gasteiger partial charge >= 0.3 is 0 Å².